The number of alkyl halides is 3. The van der Waals surface area contributed by atoms with E-state index in [4.69, 9.17) is 16.3 Å². The van der Waals surface area contributed by atoms with Crippen LogP contribution in [0.2, 0.25) is 5.15 Å². The minimum absolute atomic E-state index is 0.00810. The van der Waals surface area contributed by atoms with Gasteiger partial charge in [-0.05, 0) is 0 Å². The fraction of sp³-hybridized carbons (Fsp3) is 0.500. The van der Waals surface area contributed by atoms with Gasteiger partial charge in [0.1, 0.15) is 5.56 Å². The lowest BCUT2D eigenvalue weighted by Gasteiger charge is -2.20. The zero-order valence-electron chi connectivity index (χ0n) is 7.44. The predicted octanol–water partition coefficient (Wildman–Crippen LogP) is 2.22. The van der Waals surface area contributed by atoms with E-state index in [0.717, 1.165) is 0 Å². The molecule has 0 saturated carbocycles. The zero-order valence-corrected chi connectivity index (χ0v) is 8.19. The molecule has 0 radical (unpaired) electrons. The Morgan fingerprint density at radius 3 is 2.67 bits per heavy atom. The second-order valence-corrected chi connectivity index (χ2v) is 3.45. The van der Waals surface area contributed by atoms with Crippen molar-refractivity contribution in [3.05, 3.63) is 22.0 Å². The summed E-state index contributed by atoms with van der Waals surface area (Å²) in [5.74, 6) is 0. The van der Waals surface area contributed by atoms with Crippen molar-refractivity contribution in [2.75, 3.05) is 6.61 Å². The molecule has 1 aliphatic heterocycles. The summed E-state index contributed by atoms with van der Waals surface area (Å²) in [5.41, 5.74) is -0.597. The molecule has 0 unspecified atom stereocenters. The fourth-order valence-corrected chi connectivity index (χ4v) is 1.73. The summed E-state index contributed by atoms with van der Waals surface area (Å²) in [6.07, 6.45) is -4.18. The highest BCUT2D eigenvalue weighted by Crippen LogP contribution is 2.37. The molecule has 0 atom stereocenters. The van der Waals surface area contributed by atoms with Crippen LogP contribution in [0.15, 0.2) is 0 Å². The van der Waals surface area contributed by atoms with E-state index in [1.54, 1.807) is 0 Å². The number of fused-ring (bicyclic) bond motifs is 1. The largest absolute Gasteiger partial charge is 0.419 e. The lowest BCUT2D eigenvalue weighted by atomic mass is 10.1. The molecule has 2 heterocycles. The maximum absolute atomic E-state index is 12.6. The topological polar surface area (TPSA) is 35.0 Å². The lowest BCUT2D eigenvalue weighted by molar-refractivity contribution is -0.139. The summed E-state index contributed by atoms with van der Waals surface area (Å²) in [4.78, 5) is 0. The summed E-state index contributed by atoms with van der Waals surface area (Å²) in [5, 5.41) is 6.31. The van der Waals surface area contributed by atoms with Crippen LogP contribution in [0.25, 0.3) is 0 Å². The maximum Gasteiger partial charge on any atom is 0.419 e. The van der Waals surface area contributed by atoms with Crippen LogP contribution in [0.5, 0.6) is 0 Å². The van der Waals surface area contributed by atoms with E-state index in [2.05, 4.69) is 10.2 Å². The van der Waals surface area contributed by atoms with E-state index >= 15 is 0 Å². The van der Waals surface area contributed by atoms with Crippen LogP contribution in [0.4, 0.5) is 13.2 Å². The molecule has 0 saturated heterocycles. The molecule has 15 heavy (non-hydrogen) atoms. The van der Waals surface area contributed by atoms with Gasteiger partial charge in [0, 0.05) is 12.0 Å². The molecule has 0 aliphatic carbocycles. The van der Waals surface area contributed by atoms with Gasteiger partial charge in [-0.15, -0.1) is 5.10 Å². The molecule has 1 aliphatic rings. The smallest absolute Gasteiger partial charge is 0.376 e. The van der Waals surface area contributed by atoms with Gasteiger partial charge in [0.15, 0.2) is 5.15 Å². The third kappa shape index (κ3) is 1.91. The molecule has 0 aromatic carbocycles. The lowest BCUT2D eigenvalue weighted by Crippen LogP contribution is -2.20. The van der Waals surface area contributed by atoms with Crippen molar-refractivity contribution in [3.63, 3.8) is 0 Å². The molecule has 7 heteroatoms. The average molecular weight is 239 g/mol. The van der Waals surface area contributed by atoms with Gasteiger partial charge in [0.2, 0.25) is 0 Å². The third-order valence-electron chi connectivity index (χ3n) is 2.13. The van der Waals surface area contributed by atoms with E-state index in [1.165, 1.54) is 0 Å². The Balaban J connectivity index is 2.60. The first-order valence-electron chi connectivity index (χ1n) is 4.19. The van der Waals surface area contributed by atoms with Gasteiger partial charge in [-0.2, -0.15) is 18.3 Å². The van der Waals surface area contributed by atoms with Crippen molar-refractivity contribution >= 4 is 11.6 Å². The summed E-state index contributed by atoms with van der Waals surface area (Å²) >= 11 is 5.40. The van der Waals surface area contributed by atoms with Crippen molar-refractivity contribution < 1.29 is 17.9 Å². The van der Waals surface area contributed by atoms with Crippen molar-refractivity contribution in [2.24, 2.45) is 0 Å². The Bertz CT molecular complexity index is 394. The molecule has 0 fully saturated rings. The third-order valence-corrected chi connectivity index (χ3v) is 2.39. The van der Waals surface area contributed by atoms with Gasteiger partial charge in [-0.1, -0.05) is 11.6 Å². The average Bonchev–Trinajstić information content (AvgIpc) is 2.15. The highest BCUT2D eigenvalue weighted by atomic mass is 35.5. The Hall–Kier alpha value is -0.880. The first-order chi connectivity index (χ1) is 7.00. The molecular weight excluding hydrogens is 233 g/mol. The van der Waals surface area contributed by atoms with Crippen molar-refractivity contribution in [1.29, 1.82) is 0 Å². The molecule has 3 nitrogen and oxygen atoms in total. The number of hydrogen-bond donors (Lipinski definition) is 0. The van der Waals surface area contributed by atoms with Crippen LogP contribution in [0.3, 0.4) is 0 Å². The minimum Gasteiger partial charge on any atom is -0.376 e. The molecule has 1 aromatic heterocycles. The molecule has 0 bridgehead atoms. The summed E-state index contributed by atoms with van der Waals surface area (Å²) in [6, 6.07) is 0. The van der Waals surface area contributed by atoms with Crippen LogP contribution in [-0.2, 0) is 23.9 Å². The van der Waals surface area contributed by atoms with E-state index in [-0.39, 0.29) is 12.2 Å². The van der Waals surface area contributed by atoms with Gasteiger partial charge in [-0.25, -0.2) is 0 Å². The monoisotopic (exact) mass is 238 g/mol. The molecular formula is C8H6ClF3N2O. The second kappa shape index (κ2) is 3.61. The number of ether oxygens (including phenoxy) is 1. The molecule has 0 amide bonds. The van der Waals surface area contributed by atoms with E-state index < -0.39 is 16.9 Å². The maximum atomic E-state index is 12.6. The number of nitrogens with zero attached hydrogens (tertiary/aromatic N) is 2. The standard InChI is InChI=1S/C8H6ClF3N2O/c9-7-6(8(10,11)12)4-3-15-2-1-5(4)13-14-7/h1-3H2. The van der Waals surface area contributed by atoms with Gasteiger partial charge in [-0.3, -0.25) is 0 Å². The van der Waals surface area contributed by atoms with Crippen molar-refractivity contribution in [2.45, 2.75) is 19.2 Å². The quantitative estimate of drug-likeness (QED) is 0.695. The van der Waals surface area contributed by atoms with Gasteiger partial charge >= 0.3 is 6.18 Å². The minimum atomic E-state index is -4.52. The number of aromatic nitrogens is 2. The normalized spacial score (nSPS) is 16.3. The number of halogens is 4. The Morgan fingerprint density at radius 1 is 1.27 bits per heavy atom. The van der Waals surface area contributed by atoms with Gasteiger partial charge in [0.25, 0.3) is 0 Å². The second-order valence-electron chi connectivity index (χ2n) is 3.09. The van der Waals surface area contributed by atoms with Crippen LogP contribution < -0.4 is 0 Å². The first kappa shape index (κ1) is 10.6. The van der Waals surface area contributed by atoms with E-state index in [0.29, 0.717) is 18.7 Å². The zero-order chi connectivity index (χ0) is 11.1. The van der Waals surface area contributed by atoms with E-state index in [9.17, 15) is 13.2 Å². The summed E-state index contributed by atoms with van der Waals surface area (Å²) < 4.78 is 42.8. The Labute approximate surface area is 88.2 Å². The van der Waals surface area contributed by atoms with Gasteiger partial charge in [0.05, 0.1) is 18.9 Å². The number of rotatable bonds is 0. The van der Waals surface area contributed by atoms with Crippen LogP contribution in [-0.4, -0.2) is 16.8 Å². The van der Waals surface area contributed by atoms with E-state index in [1.807, 2.05) is 0 Å². The van der Waals surface area contributed by atoms with Crippen LogP contribution in [0.1, 0.15) is 16.8 Å². The molecule has 0 N–H and O–H groups in total. The molecule has 2 rings (SSSR count). The summed E-state index contributed by atoms with van der Waals surface area (Å²) in [6.45, 7) is 0.250. The molecule has 1 aromatic rings. The van der Waals surface area contributed by atoms with Crippen LogP contribution >= 0.6 is 11.6 Å². The highest BCUT2D eigenvalue weighted by Gasteiger charge is 2.39. The molecule has 0 spiro atoms. The van der Waals surface area contributed by atoms with Crippen molar-refractivity contribution in [3.8, 4) is 0 Å². The fourth-order valence-electron chi connectivity index (χ4n) is 1.47. The number of hydrogen-bond acceptors (Lipinski definition) is 3. The SMILES string of the molecule is FC(F)(F)c1c(Cl)nnc2c1COCC2. The summed E-state index contributed by atoms with van der Waals surface area (Å²) in [7, 11) is 0. The Morgan fingerprint density at radius 2 is 2.00 bits per heavy atom. The Kier molecular flexibility index (Phi) is 2.56. The van der Waals surface area contributed by atoms with Crippen LogP contribution in [0, 0.1) is 0 Å². The predicted molar refractivity (Wildman–Crippen MR) is 45.4 cm³/mol. The molecule has 82 valence electrons. The van der Waals surface area contributed by atoms with Gasteiger partial charge < -0.3 is 4.74 Å². The first-order valence-corrected chi connectivity index (χ1v) is 4.57. The highest BCUT2D eigenvalue weighted by molar-refractivity contribution is 6.30. The van der Waals surface area contributed by atoms with Crippen molar-refractivity contribution in [1.82, 2.24) is 10.2 Å².